The molecule has 3 aromatic rings. The van der Waals surface area contributed by atoms with E-state index in [0.717, 1.165) is 34.1 Å². The molecule has 3 heterocycles. The molecule has 7 nitrogen and oxygen atoms in total. The van der Waals surface area contributed by atoms with Gasteiger partial charge in [-0.2, -0.15) is 10.2 Å². The van der Waals surface area contributed by atoms with E-state index in [1.165, 1.54) is 12.8 Å². The van der Waals surface area contributed by atoms with E-state index in [4.69, 9.17) is 0 Å². The molecule has 0 aromatic carbocycles. The maximum Gasteiger partial charge on any atom is 0.160 e. The molecule has 0 bridgehead atoms. The molecule has 0 spiro atoms. The second kappa shape index (κ2) is 4.03. The van der Waals surface area contributed by atoms with Gasteiger partial charge in [0.2, 0.25) is 0 Å². The Bertz CT molecular complexity index is 781. The van der Waals surface area contributed by atoms with Crippen molar-refractivity contribution in [1.82, 2.24) is 29.9 Å². The van der Waals surface area contributed by atoms with Gasteiger partial charge in [0, 0.05) is 13.0 Å². The normalized spacial score (nSPS) is 14.9. The summed E-state index contributed by atoms with van der Waals surface area (Å²) in [6, 6.07) is 0. The van der Waals surface area contributed by atoms with E-state index < -0.39 is 0 Å². The van der Waals surface area contributed by atoms with Crippen LogP contribution in [0.5, 0.6) is 0 Å². The van der Waals surface area contributed by atoms with E-state index >= 15 is 0 Å². The lowest BCUT2D eigenvalue weighted by Crippen LogP contribution is -2.01. The maximum atomic E-state index is 4.65. The highest BCUT2D eigenvalue weighted by atomic mass is 15.3. The van der Waals surface area contributed by atoms with Crippen LogP contribution in [0.1, 0.15) is 30.3 Å². The summed E-state index contributed by atoms with van der Waals surface area (Å²) in [6.07, 6.45) is 5.89. The van der Waals surface area contributed by atoms with E-state index in [1.54, 1.807) is 12.4 Å². The SMILES string of the molecule is Cc1c(Nc2nc(C3CC3)nc3cn[nH]c23)cnn1C. The summed E-state index contributed by atoms with van der Waals surface area (Å²) in [7, 11) is 1.92. The summed E-state index contributed by atoms with van der Waals surface area (Å²) >= 11 is 0. The van der Waals surface area contributed by atoms with E-state index in [1.807, 2.05) is 18.7 Å². The fourth-order valence-corrected chi connectivity index (χ4v) is 2.22. The Morgan fingerprint density at radius 3 is 2.85 bits per heavy atom. The highest BCUT2D eigenvalue weighted by Crippen LogP contribution is 2.39. The predicted octanol–water partition coefficient (Wildman–Crippen LogP) is 2.02. The summed E-state index contributed by atoms with van der Waals surface area (Å²) in [4.78, 5) is 9.21. The molecule has 0 aliphatic heterocycles. The van der Waals surface area contributed by atoms with Gasteiger partial charge in [0.05, 0.1) is 23.8 Å². The number of nitrogens with zero attached hydrogens (tertiary/aromatic N) is 5. The van der Waals surface area contributed by atoms with Gasteiger partial charge in [0.1, 0.15) is 16.9 Å². The van der Waals surface area contributed by atoms with Gasteiger partial charge in [-0.15, -0.1) is 0 Å². The van der Waals surface area contributed by atoms with Gasteiger partial charge in [-0.05, 0) is 19.8 Å². The number of hydrogen-bond donors (Lipinski definition) is 2. The predicted molar refractivity (Wildman–Crippen MR) is 74.9 cm³/mol. The van der Waals surface area contributed by atoms with Gasteiger partial charge in [-0.25, -0.2) is 9.97 Å². The monoisotopic (exact) mass is 269 g/mol. The fraction of sp³-hybridized carbons (Fsp3) is 0.385. The quantitative estimate of drug-likeness (QED) is 0.760. The molecule has 1 aliphatic rings. The number of hydrogen-bond acceptors (Lipinski definition) is 5. The van der Waals surface area contributed by atoms with E-state index in [-0.39, 0.29) is 0 Å². The molecule has 3 aromatic heterocycles. The number of anilines is 2. The molecule has 1 aliphatic carbocycles. The third-order valence-corrected chi connectivity index (χ3v) is 3.75. The Hall–Kier alpha value is -2.44. The molecule has 0 saturated heterocycles. The molecule has 0 amide bonds. The molecule has 1 fully saturated rings. The average Bonchev–Trinajstić information content (AvgIpc) is 3.12. The zero-order valence-electron chi connectivity index (χ0n) is 11.4. The highest BCUT2D eigenvalue weighted by Gasteiger charge is 2.28. The van der Waals surface area contributed by atoms with Crippen LogP contribution in [0.3, 0.4) is 0 Å². The molecular weight excluding hydrogens is 254 g/mol. The number of rotatable bonds is 3. The first-order chi connectivity index (χ1) is 9.72. The number of fused-ring (bicyclic) bond motifs is 1. The second-order valence-electron chi connectivity index (χ2n) is 5.23. The third-order valence-electron chi connectivity index (χ3n) is 3.75. The fourth-order valence-electron chi connectivity index (χ4n) is 2.22. The third kappa shape index (κ3) is 1.74. The summed E-state index contributed by atoms with van der Waals surface area (Å²) in [6.45, 7) is 2.02. The molecule has 0 unspecified atom stereocenters. The Balaban J connectivity index is 1.81. The van der Waals surface area contributed by atoms with Crippen LogP contribution in [0.4, 0.5) is 11.5 Å². The van der Waals surface area contributed by atoms with Gasteiger partial charge < -0.3 is 5.32 Å². The first kappa shape index (κ1) is 11.4. The van der Waals surface area contributed by atoms with Gasteiger partial charge in [0.15, 0.2) is 5.82 Å². The minimum atomic E-state index is 0.504. The number of aryl methyl sites for hydroxylation is 1. The molecular formula is C13H15N7. The molecule has 0 radical (unpaired) electrons. The Kier molecular flexibility index (Phi) is 2.29. The number of aromatic nitrogens is 6. The number of H-pyrrole nitrogens is 1. The van der Waals surface area contributed by atoms with Crippen molar-refractivity contribution in [3.05, 3.63) is 23.9 Å². The van der Waals surface area contributed by atoms with Crippen LogP contribution in [0.25, 0.3) is 11.0 Å². The van der Waals surface area contributed by atoms with Crippen LogP contribution in [0, 0.1) is 6.92 Å². The average molecular weight is 269 g/mol. The second-order valence-corrected chi connectivity index (χ2v) is 5.23. The number of aromatic amines is 1. The van der Waals surface area contributed by atoms with Crippen LogP contribution < -0.4 is 5.32 Å². The van der Waals surface area contributed by atoms with Crippen molar-refractivity contribution in [1.29, 1.82) is 0 Å². The molecule has 102 valence electrons. The molecule has 0 atom stereocenters. The lowest BCUT2D eigenvalue weighted by Gasteiger charge is -2.07. The zero-order valence-corrected chi connectivity index (χ0v) is 11.4. The number of nitrogens with one attached hydrogen (secondary N) is 2. The molecule has 2 N–H and O–H groups in total. The Morgan fingerprint density at radius 1 is 1.30 bits per heavy atom. The van der Waals surface area contributed by atoms with Crippen LogP contribution in [-0.2, 0) is 7.05 Å². The van der Waals surface area contributed by atoms with Crippen LogP contribution in [0.2, 0.25) is 0 Å². The van der Waals surface area contributed by atoms with Crippen LogP contribution >= 0.6 is 0 Å². The van der Waals surface area contributed by atoms with Gasteiger partial charge in [0.25, 0.3) is 0 Å². The van der Waals surface area contributed by atoms with Crippen LogP contribution in [0.15, 0.2) is 12.4 Å². The van der Waals surface area contributed by atoms with Gasteiger partial charge in [-0.1, -0.05) is 0 Å². The first-order valence-corrected chi connectivity index (χ1v) is 6.69. The highest BCUT2D eigenvalue weighted by molar-refractivity contribution is 5.86. The summed E-state index contributed by atoms with van der Waals surface area (Å²) in [5.74, 6) is 2.18. The minimum absolute atomic E-state index is 0.504. The van der Waals surface area contributed by atoms with Gasteiger partial charge in [-0.3, -0.25) is 9.78 Å². The summed E-state index contributed by atoms with van der Waals surface area (Å²) < 4.78 is 1.83. The van der Waals surface area contributed by atoms with E-state index in [2.05, 4.69) is 30.6 Å². The maximum absolute atomic E-state index is 4.65. The van der Waals surface area contributed by atoms with Crippen molar-refractivity contribution in [3.8, 4) is 0 Å². The Morgan fingerprint density at radius 2 is 2.15 bits per heavy atom. The standard InChI is InChI=1S/C13H15N7/c1-7-9(6-15-20(7)2)16-13-11-10(5-14-19-11)17-12(18-13)8-3-4-8/h5-6,8H,3-4H2,1-2H3,(H,14,19)(H,16,17,18). The van der Waals surface area contributed by atoms with Crippen molar-refractivity contribution >= 4 is 22.5 Å². The molecule has 1 saturated carbocycles. The van der Waals surface area contributed by atoms with Crippen molar-refractivity contribution in [2.45, 2.75) is 25.7 Å². The van der Waals surface area contributed by atoms with Crippen molar-refractivity contribution in [3.63, 3.8) is 0 Å². The largest absolute Gasteiger partial charge is 0.336 e. The Labute approximate surface area is 115 Å². The van der Waals surface area contributed by atoms with Gasteiger partial charge >= 0.3 is 0 Å². The van der Waals surface area contributed by atoms with E-state index in [9.17, 15) is 0 Å². The summed E-state index contributed by atoms with van der Waals surface area (Å²) in [5.41, 5.74) is 3.69. The van der Waals surface area contributed by atoms with Crippen molar-refractivity contribution in [2.24, 2.45) is 7.05 Å². The van der Waals surface area contributed by atoms with Crippen molar-refractivity contribution in [2.75, 3.05) is 5.32 Å². The topological polar surface area (TPSA) is 84.3 Å². The lowest BCUT2D eigenvalue weighted by molar-refractivity contribution is 0.740. The van der Waals surface area contributed by atoms with E-state index in [0.29, 0.717) is 5.92 Å². The zero-order chi connectivity index (χ0) is 13.7. The summed E-state index contributed by atoms with van der Waals surface area (Å²) in [5, 5.41) is 14.6. The smallest absolute Gasteiger partial charge is 0.160 e. The first-order valence-electron chi connectivity index (χ1n) is 6.69. The lowest BCUT2D eigenvalue weighted by atomic mass is 10.3. The van der Waals surface area contributed by atoms with Crippen molar-refractivity contribution < 1.29 is 0 Å². The molecule has 4 rings (SSSR count). The molecule has 7 heteroatoms. The minimum Gasteiger partial charge on any atom is -0.336 e. The molecule has 20 heavy (non-hydrogen) atoms. The van der Waals surface area contributed by atoms with Crippen LogP contribution in [-0.4, -0.2) is 29.9 Å².